The summed E-state index contributed by atoms with van der Waals surface area (Å²) >= 11 is 2.57. The summed E-state index contributed by atoms with van der Waals surface area (Å²) in [5, 5.41) is 18.8. The molecule has 4 rings (SSSR count). The molecule has 2 aromatic heterocycles. The summed E-state index contributed by atoms with van der Waals surface area (Å²) < 4.78 is 20.7. The van der Waals surface area contributed by atoms with E-state index in [1.165, 1.54) is 36.0 Å². The molecule has 0 fully saturated rings. The van der Waals surface area contributed by atoms with Crippen LogP contribution in [0.3, 0.4) is 0 Å². The molecule has 1 aliphatic heterocycles. The largest absolute Gasteiger partial charge is 0.503 e. The van der Waals surface area contributed by atoms with Gasteiger partial charge in [0.2, 0.25) is 10.9 Å². The number of hydrogen-bond donors (Lipinski definition) is 1. The Morgan fingerprint density at radius 3 is 2.73 bits per heavy atom. The molecule has 1 aromatic carbocycles. The molecule has 30 heavy (non-hydrogen) atoms. The summed E-state index contributed by atoms with van der Waals surface area (Å²) in [5.74, 6) is -1.73. The van der Waals surface area contributed by atoms with Crippen molar-refractivity contribution in [3.8, 4) is 0 Å². The summed E-state index contributed by atoms with van der Waals surface area (Å²) in [5.41, 5.74) is -0.208. The van der Waals surface area contributed by atoms with Gasteiger partial charge in [-0.3, -0.25) is 14.5 Å². The van der Waals surface area contributed by atoms with Crippen molar-refractivity contribution in [1.82, 2.24) is 10.2 Å². The van der Waals surface area contributed by atoms with E-state index in [4.69, 9.17) is 4.42 Å². The van der Waals surface area contributed by atoms with Crippen molar-refractivity contribution in [3.63, 3.8) is 0 Å². The van der Waals surface area contributed by atoms with Crippen molar-refractivity contribution in [2.45, 2.75) is 24.2 Å². The average Bonchev–Trinajstić information content (AvgIpc) is 3.42. The normalized spacial score (nSPS) is 16.6. The molecule has 7 nitrogen and oxygen atoms in total. The molecule has 0 spiro atoms. The van der Waals surface area contributed by atoms with Crippen LogP contribution in [0.15, 0.2) is 56.5 Å². The highest BCUT2D eigenvalue weighted by Gasteiger charge is 2.47. The van der Waals surface area contributed by atoms with E-state index in [9.17, 15) is 19.1 Å². The number of benzene rings is 1. The van der Waals surface area contributed by atoms with Crippen molar-refractivity contribution in [2.75, 3.05) is 10.7 Å². The molecule has 0 saturated heterocycles. The SMILES string of the molecule is CCSc1nnc(N2C(=O)C(O)=C(C(=O)c3ccc(C)o3)[C@@H]2c2ccccc2F)s1. The number of aliphatic hydroxyl groups excluding tert-OH is 1. The lowest BCUT2D eigenvalue weighted by molar-refractivity contribution is -0.117. The van der Waals surface area contributed by atoms with Crippen LogP contribution in [0, 0.1) is 12.7 Å². The lowest BCUT2D eigenvalue weighted by Gasteiger charge is -2.24. The van der Waals surface area contributed by atoms with E-state index in [2.05, 4.69) is 10.2 Å². The number of thioether (sulfide) groups is 1. The Balaban J connectivity index is 1.86. The molecule has 3 aromatic rings. The van der Waals surface area contributed by atoms with Gasteiger partial charge in [-0.2, -0.15) is 0 Å². The van der Waals surface area contributed by atoms with Crippen LogP contribution >= 0.6 is 23.1 Å². The first-order chi connectivity index (χ1) is 14.4. The predicted octanol–water partition coefficient (Wildman–Crippen LogP) is 4.47. The number of ketones is 1. The minimum absolute atomic E-state index is 0.0514. The molecular formula is C20H16FN3O4S2. The number of aromatic nitrogens is 2. The van der Waals surface area contributed by atoms with Crippen LogP contribution in [0.5, 0.6) is 0 Å². The summed E-state index contributed by atoms with van der Waals surface area (Å²) in [6, 6.07) is 7.62. The van der Waals surface area contributed by atoms with Gasteiger partial charge in [0.1, 0.15) is 17.6 Å². The highest BCUT2D eigenvalue weighted by Crippen LogP contribution is 2.44. The van der Waals surface area contributed by atoms with Gasteiger partial charge in [-0.05, 0) is 30.9 Å². The molecule has 154 valence electrons. The summed E-state index contributed by atoms with van der Waals surface area (Å²) in [7, 11) is 0. The van der Waals surface area contributed by atoms with E-state index in [1.54, 1.807) is 19.1 Å². The number of amides is 1. The molecule has 10 heteroatoms. The third-order valence-electron chi connectivity index (χ3n) is 4.49. The topological polar surface area (TPSA) is 96.5 Å². The number of hydrogen-bond acceptors (Lipinski definition) is 8. The van der Waals surface area contributed by atoms with E-state index in [-0.39, 0.29) is 22.0 Å². The Labute approximate surface area is 179 Å². The first-order valence-corrected chi connectivity index (χ1v) is 10.8. The zero-order valence-electron chi connectivity index (χ0n) is 16.0. The number of aliphatic hydroxyl groups is 1. The van der Waals surface area contributed by atoms with Crippen LogP contribution in [-0.2, 0) is 4.79 Å². The zero-order valence-corrected chi connectivity index (χ0v) is 17.6. The molecule has 1 atom stereocenters. The molecule has 3 heterocycles. The maximum absolute atomic E-state index is 14.7. The molecule has 0 saturated carbocycles. The van der Waals surface area contributed by atoms with Gasteiger partial charge < -0.3 is 9.52 Å². The molecule has 1 N–H and O–H groups in total. The highest BCUT2D eigenvalue weighted by molar-refractivity contribution is 8.01. The molecular weight excluding hydrogens is 429 g/mol. The van der Waals surface area contributed by atoms with E-state index in [1.807, 2.05) is 6.92 Å². The van der Waals surface area contributed by atoms with Gasteiger partial charge in [0.25, 0.3) is 5.91 Å². The third-order valence-corrected chi connectivity index (χ3v) is 6.42. The number of nitrogens with zero attached hydrogens (tertiary/aromatic N) is 3. The van der Waals surface area contributed by atoms with Gasteiger partial charge in [-0.15, -0.1) is 10.2 Å². The second-order valence-corrected chi connectivity index (χ2v) is 8.85. The number of furan rings is 1. The molecule has 1 amide bonds. The van der Waals surface area contributed by atoms with Crippen LogP contribution in [0.25, 0.3) is 0 Å². The second-order valence-electron chi connectivity index (χ2n) is 6.38. The van der Waals surface area contributed by atoms with E-state index >= 15 is 0 Å². The van der Waals surface area contributed by atoms with E-state index in [0.717, 1.165) is 22.0 Å². The molecule has 0 bridgehead atoms. The third kappa shape index (κ3) is 3.41. The number of aryl methyl sites for hydroxylation is 1. The van der Waals surface area contributed by atoms with Gasteiger partial charge in [0.05, 0.1) is 5.57 Å². The number of halogens is 1. The van der Waals surface area contributed by atoms with Gasteiger partial charge in [-0.25, -0.2) is 4.39 Å². The van der Waals surface area contributed by atoms with Gasteiger partial charge in [0, 0.05) is 5.56 Å². The number of anilines is 1. The quantitative estimate of drug-likeness (QED) is 0.340. The van der Waals surface area contributed by atoms with Crippen LogP contribution in [-0.4, -0.2) is 32.7 Å². The Bertz CT molecular complexity index is 1170. The number of carbonyl (C=O) groups is 2. The average molecular weight is 445 g/mol. The Kier molecular flexibility index (Phi) is 5.44. The molecule has 0 radical (unpaired) electrons. The minimum Gasteiger partial charge on any atom is -0.503 e. The molecule has 0 aliphatic carbocycles. The fourth-order valence-corrected chi connectivity index (χ4v) is 4.96. The first kappa shape index (κ1) is 20.3. The Morgan fingerprint density at radius 2 is 2.07 bits per heavy atom. The van der Waals surface area contributed by atoms with Crippen LogP contribution < -0.4 is 4.90 Å². The smallest absolute Gasteiger partial charge is 0.296 e. The molecule has 0 unspecified atom stereocenters. The van der Waals surface area contributed by atoms with Gasteiger partial charge >= 0.3 is 0 Å². The fourth-order valence-electron chi connectivity index (χ4n) is 3.20. The first-order valence-electron chi connectivity index (χ1n) is 9.01. The van der Waals surface area contributed by atoms with Crippen LogP contribution in [0.2, 0.25) is 0 Å². The standard InChI is InChI=1S/C20H16FN3O4S2/c1-3-29-20-23-22-19(30-20)24-15(11-6-4-5-7-12(11)21)14(17(26)18(24)27)16(25)13-9-8-10(2)28-13/h4-9,15,26H,3H2,1-2H3/t15-/m0/s1. The highest BCUT2D eigenvalue weighted by atomic mass is 32.2. The van der Waals surface area contributed by atoms with Gasteiger partial charge in [-0.1, -0.05) is 48.2 Å². The van der Waals surface area contributed by atoms with Crippen LogP contribution in [0.1, 0.15) is 34.8 Å². The monoisotopic (exact) mass is 445 g/mol. The maximum Gasteiger partial charge on any atom is 0.296 e. The zero-order chi connectivity index (χ0) is 21.4. The van der Waals surface area contributed by atoms with E-state index in [0.29, 0.717) is 10.1 Å². The van der Waals surface area contributed by atoms with Crippen LogP contribution in [0.4, 0.5) is 9.52 Å². The Morgan fingerprint density at radius 1 is 1.30 bits per heavy atom. The number of carbonyl (C=O) groups excluding carboxylic acids is 2. The van der Waals surface area contributed by atoms with Crippen molar-refractivity contribution in [1.29, 1.82) is 0 Å². The summed E-state index contributed by atoms with van der Waals surface area (Å²) in [6.07, 6.45) is 0. The fraction of sp³-hybridized carbons (Fsp3) is 0.200. The van der Waals surface area contributed by atoms with Crippen molar-refractivity contribution in [3.05, 3.63) is 70.6 Å². The molecule has 1 aliphatic rings. The van der Waals surface area contributed by atoms with Crippen molar-refractivity contribution in [2.24, 2.45) is 0 Å². The summed E-state index contributed by atoms with van der Waals surface area (Å²) in [4.78, 5) is 27.2. The minimum atomic E-state index is -1.20. The predicted molar refractivity (Wildman–Crippen MR) is 110 cm³/mol. The lowest BCUT2D eigenvalue weighted by Crippen LogP contribution is -2.31. The number of Topliss-reactive ketones (excluding diaryl/α,β-unsaturated/α-hetero) is 1. The van der Waals surface area contributed by atoms with Gasteiger partial charge in [0.15, 0.2) is 15.9 Å². The summed E-state index contributed by atoms with van der Waals surface area (Å²) in [6.45, 7) is 3.62. The van der Waals surface area contributed by atoms with E-state index < -0.39 is 29.3 Å². The lowest BCUT2D eigenvalue weighted by atomic mass is 9.95. The van der Waals surface area contributed by atoms with Crippen molar-refractivity contribution < 1.29 is 23.5 Å². The Hall–Kier alpha value is -2.98. The van der Waals surface area contributed by atoms with Crippen molar-refractivity contribution >= 4 is 39.9 Å². The number of rotatable bonds is 6. The maximum atomic E-state index is 14.7. The second kappa shape index (κ2) is 8.04.